The van der Waals surface area contributed by atoms with E-state index >= 15 is 0 Å². The minimum Gasteiger partial charge on any atom is -0.449 e. The number of aromatic nitrogens is 2. The molecule has 3 amide bonds. The van der Waals surface area contributed by atoms with Gasteiger partial charge in [0.25, 0.3) is 5.91 Å². The van der Waals surface area contributed by atoms with Crippen LogP contribution in [0.1, 0.15) is 65.1 Å². The van der Waals surface area contributed by atoms with Crippen LogP contribution in [0.3, 0.4) is 0 Å². The summed E-state index contributed by atoms with van der Waals surface area (Å²) < 4.78 is 5.22. The van der Waals surface area contributed by atoms with Gasteiger partial charge >= 0.3 is 6.09 Å². The fourth-order valence-electron chi connectivity index (χ4n) is 3.46. The Balaban J connectivity index is 2.11. The summed E-state index contributed by atoms with van der Waals surface area (Å²) in [6.07, 6.45) is 4.11. The number of amides is 3. The molecule has 0 aliphatic carbocycles. The van der Waals surface area contributed by atoms with Gasteiger partial charge in [0.1, 0.15) is 6.04 Å². The first kappa shape index (κ1) is 26.3. The Bertz CT molecular complexity index is 843. The van der Waals surface area contributed by atoms with E-state index in [9.17, 15) is 19.2 Å². The van der Waals surface area contributed by atoms with Crippen LogP contribution in [0, 0.1) is 11.3 Å². The van der Waals surface area contributed by atoms with Crippen molar-refractivity contribution in [3.63, 3.8) is 0 Å². The lowest BCUT2D eigenvalue weighted by atomic mass is 9.98. The summed E-state index contributed by atoms with van der Waals surface area (Å²) in [5.41, 5.74) is 1.75. The number of carbonyl (C=O) groups is 4. The highest BCUT2D eigenvalue weighted by Gasteiger charge is 2.32. The fraction of sp³-hybridized carbons (Fsp3) is 0.696. The number of ketones is 1. The number of hydrogen-bond donors (Lipinski definition) is 4. The van der Waals surface area contributed by atoms with E-state index in [1.807, 2.05) is 20.8 Å². The first-order chi connectivity index (χ1) is 15.5. The third-order valence-electron chi connectivity index (χ3n) is 5.36. The number of aromatic amines is 1. The molecule has 1 aliphatic rings. The summed E-state index contributed by atoms with van der Waals surface area (Å²) in [4.78, 5) is 50.4. The minimum atomic E-state index is -1.02. The predicted octanol–water partition coefficient (Wildman–Crippen LogP) is 1.65. The summed E-state index contributed by atoms with van der Waals surface area (Å²) in [6.45, 7) is 9.92. The second-order valence-corrected chi connectivity index (χ2v) is 10.1. The van der Waals surface area contributed by atoms with Crippen LogP contribution in [0.4, 0.5) is 4.79 Å². The number of fused-ring (bicyclic) bond motifs is 1. The summed E-state index contributed by atoms with van der Waals surface area (Å²) in [7, 11) is 0. The number of rotatable bonds is 5. The lowest BCUT2D eigenvalue weighted by Crippen LogP contribution is -2.55. The highest BCUT2D eigenvalue weighted by molar-refractivity contribution is 6.38. The molecule has 0 spiro atoms. The van der Waals surface area contributed by atoms with Crippen LogP contribution in [-0.4, -0.2) is 59.1 Å². The van der Waals surface area contributed by atoms with Crippen LogP contribution in [0.15, 0.2) is 6.20 Å². The van der Waals surface area contributed by atoms with E-state index in [1.54, 1.807) is 20.0 Å². The van der Waals surface area contributed by atoms with Crippen molar-refractivity contribution in [1.82, 2.24) is 26.1 Å². The fourth-order valence-corrected chi connectivity index (χ4v) is 3.46. The normalized spacial score (nSPS) is 18.9. The molecule has 0 saturated carbocycles. The van der Waals surface area contributed by atoms with E-state index < -0.39 is 35.8 Å². The molecule has 33 heavy (non-hydrogen) atoms. The van der Waals surface area contributed by atoms with Gasteiger partial charge in [0.15, 0.2) is 0 Å². The number of carbonyl (C=O) groups excluding carboxylic acids is 4. The van der Waals surface area contributed by atoms with Gasteiger partial charge in [-0.15, -0.1) is 0 Å². The van der Waals surface area contributed by atoms with Crippen LogP contribution < -0.4 is 16.0 Å². The molecule has 10 heteroatoms. The number of ether oxygens (including phenoxy) is 1. The number of hydrogen-bond acceptors (Lipinski definition) is 6. The van der Waals surface area contributed by atoms with Crippen LogP contribution >= 0.6 is 0 Å². The number of aryl methyl sites for hydroxylation is 2. The molecular formula is C23H37N5O5. The second-order valence-electron chi connectivity index (χ2n) is 10.1. The number of Topliss-reactive ketones (excluding diaryl/α,β-unsaturated/α-hetero) is 1. The maximum absolute atomic E-state index is 13.0. The van der Waals surface area contributed by atoms with Gasteiger partial charge in [0.2, 0.25) is 11.7 Å². The maximum atomic E-state index is 13.0. The van der Waals surface area contributed by atoms with E-state index in [1.165, 1.54) is 0 Å². The second kappa shape index (κ2) is 11.8. The molecule has 0 bridgehead atoms. The molecule has 1 aromatic rings. The zero-order valence-electron chi connectivity index (χ0n) is 20.2. The molecule has 2 unspecified atom stereocenters. The van der Waals surface area contributed by atoms with Gasteiger partial charge in [0.05, 0.1) is 18.8 Å². The van der Waals surface area contributed by atoms with Crippen LogP contribution in [-0.2, 0) is 32.0 Å². The summed E-state index contributed by atoms with van der Waals surface area (Å²) in [6, 6.07) is -1.94. The van der Waals surface area contributed by atoms with E-state index in [-0.39, 0.29) is 24.4 Å². The van der Waals surface area contributed by atoms with E-state index in [0.717, 1.165) is 30.5 Å². The molecule has 10 nitrogen and oxygen atoms in total. The summed E-state index contributed by atoms with van der Waals surface area (Å²) >= 11 is 0. The molecule has 2 rings (SSSR count). The van der Waals surface area contributed by atoms with Crippen molar-refractivity contribution >= 4 is 23.7 Å². The molecular weight excluding hydrogens is 426 g/mol. The Morgan fingerprint density at radius 1 is 1.21 bits per heavy atom. The molecule has 1 aliphatic heterocycles. The van der Waals surface area contributed by atoms with Crippen molar-refractivity contribution in [1.29, 1.82) is 0 Å². The van der Waals surface area contributed by atoms with Crippen LogP contribution in [0.5, 0.6) is 0 Å². The van der Waals surface area contributed by atoms with Gasteiger partial charge in [0, 0.05) is 12.2 Å². The Hall–Kier alpha value is -2.91. The Morgan fingerprint density at radius 3 is 2.61 bits per heavy atom. The molecule has 4 N–H and O–H groups in total. The Kier molecular flexibility index (Phi) is 9.43. The van der Waals surface area contributed by atoms with E-state index in [0.29, 0.717) is 13.0 Å². The number of alkyl carbamates (subject to hydrolysis) is 1. The highest BCUT2D eigenvalue weighted by Crippen LogP contribution is 2.15. The largest absolute Gasteiger partial charge is 0.449 e. The molecule has 2 atom stereocenters. The molecule has 0 radical (unpaired) electrons. The third kappa shape index (κ3) is 8.51. The first-order valence-corrected chi connectivity index (χ1v) is 11.5. The molecule has 1 aromatic heterocycles. The first-order valence-electron chi connectivity index (χ1n) is 11.5. The number of H-pyrrole nitrogens is 1. The average molecular weight is 464 g/mol. The van der Waals surface area contributed by atoms with Crippen molar-refractivity contribution in [2.45, 2.75) is 78.8 Å². The van der Waals surface area contributed by atoms with Crippen molar-refractivity contribution in [2.75, 3.05) is 13.2 Å². The predicted molar refractivity (Wildman–Crippen MR) is 122 cm³/mol. The molecule has 0 aromatic carbocycles. The summed E-state index contributed by atoms with van der Waals surface area (Å²) in [5, 5.41) is 15.0. The lowest BCUT2D eigenvalue weighted by molar-refractivity contribution is -0.140. The average Bonchev–Trinajstić information content (AvgIpc) is 3.18. The Labute approximate surface area is 195 Å². The van der Waals surface area contributed by atoms with Crippen LogP contribution in [0.25, 0.3) is 0 Å². The highest BCUT2D eigenvalue weighted by atomic mass is 16.5. The third-order valence-corrected chi connectivity index (χ3v) is 5.36. The van der Waals surface area contributed by atoms with Crippen molar-refractivity contribution in [2.24, 2.45) is 11.3 Å². The minimum absolute atomic E-state index is 0.194. The number of nitrogens with one attached hydrogen (secondary N) is 4. The molecule has 0 saturated heterocycles. The van der Waals surface area contributed by atoms with Crippen molar-refractivity contribution in [3.05, 3.63) is 17.5 Å². The van der Waals surface area contributed by atoms with Gasteiger partial charge in [-0.05, 0) is 49.0 Å². The van der Waals surface area contributed by atoms with Crippen molar-refractivity contribution < 1.29 is 23.9 Å². The molecule has 0 fully saturated rings. The quantitative estimate of drug-likeness (QED) is 0.489. The topological polar surface area (TPSA) is 142 Å². The Morgan fingerprint density at radius 2 is 1.94 bits per heavy atom. The zero-order valence-corrected chi connectivity index (χ0v) is 20.2. The lowest BCUT2D eigenvalue weighted by Gasteiger charge is -2.25. The molecule has 2 heterocycles. The van der Waals surface area contributed by atoms with Gasteiger partial charge in [-0.2, -0.15) is 5.10 Å². The van der Waals surface area contributed by atoms with Gasteiger partial charge in [-0.3, -0.25) is 19.5 Å². The SMILES string of the molecule is CC(C)C(NC(=O)OCC(C)(C)C)C(=O)NC1CCc2cn[nH]c2CCCCNC(=O)C1=O. The zero-order chi connectivity index (χ0) is 24.6. The monoisotopic (exact) mass is 463 g/mol. The smallest absolute Gasteiger partial charge is 0.407 e. The van der Waals surface area contributed by atoms with Gasteiger partial charge in [-0.25, -0.2) is 4.79 Å². The van der Waals surface area contributed by atoms with E-state index in [2.05, 4.69) is 26.1 Å². The van der Waals surface area contributed by atoms with E-state index in [4.69, 9.17) is 4.74 Å². The van der Waals surface area contributed by atoms with Gasteiger partial charge in [-0.1, -0.05) is 34.6 Å². The standard InChI is InChI=1S/C23H37N5O5/c1-14(2)18(27-22(32)33-13-23(3,4)5)20(30)26-17-10-9-15-12-25-28-16(15)8-6-7-11-24-21(31)19(17)29/h12,14,17-18H,6-11,13H2,1-5H3,(H,24,31)(H,25,28)(H,26,30)(H,27,32). The van der Waals surface area contributed by atoms with Gasteiger partial charge < -0.3 is 20.7 Å². The maximum Gasteiger partial charge on any atom is 0.407 e. The molecule has 184 valence electrons. The number of nitrogens with zero attached hydrogens (tertiary/aromatic N) is 1. The van der Waals surface area contributed by atoms with Crippen LogP contribution in [0.2, 0.25) is 0 Å². The van der Waals surface area contributed by atoms with Crippen molar-refractivity contribution in [3.8, 4) is 0 Å². The summed E-state index contributed by atoms with van der Waals surface area (Å²) in [5.74, 6) is -2.22.